The molecule has 0 saturated carbocycles. The first-order chi connectivity index (χ1) is 3.50. The van der Waals surface area contributed by atoms with E-state index in [1.807, 2.05) is 0 Å². The molecule has 0 aliphatic heterocycles. The van der Waals surface area contributed by atoms with Crippen LogP contribution in [0.25, 0.3) is 0 Å². The lowest BCUT2D eigenvalue weighted by Gasteiger charge is -2.16. The molecule has 0 aromatic rings. The minimum absolute atomic E-state index is 0.0596. The molecule has 0 fully saturated rings. The molecule has 2 nitrogen and oxygen atoms in total. The van der Waals surface area contributed by atoms with Crippen LogP contribution in [0.15, 0.2) is 11.1 Å². The molecule has 4 heteroatoms. The number of rotatable bonds is 2. The van der Waals surface area contributed by atoms with Crippen LogP contribution in [-0.2, 0) is 0 Å². The topological polar surface area (TPSA) is 40.5 Å². The van der Waals surface area contributed by atoms with Crippen molar-refractivity contribution in [2.75, 3.05) is 5.33 Å². The molecular weight excluding hydrogens is 240 g/mol. The highest BCUT2D eigenvalue weighted by Gasteiger charge is 2.22. The second kappa shape index (κ2) is 2.96. The molecule has 0 aromatic carbocycles. The lowest BCUT2D eigenvalue weighted by Crippen LogP contribution is -2.29. The highest BCUT2D eigenvalue weighted by Crippen LogP contribution is 2.19. The number of aliphatic hydroxyl groups is 2. The van der Waals surface area contributed by atoms with Crippen molar-refractivity contribution in [1.29, 1.82) is 0 Å². The van der Waals surface area contributed by atoms with Crippen LogP contribution < -0.4 is 0 Å². The summed E-state index contributed by atoms with van der Waals surface area (Å²) in [6, 6.07) is 0. The van der Waals surface area contributed by atoms with Gasteiger partial charge in [-0.05, 0) is 0 Å². The van der Waals surface area contributed by atoms with E-state index >= 15 is 0 Å². The summed E-state index contributed by atoms with van der Waals surface area (Å²) in [5, 5.41) is 17.6. The Morgan fingerprint density at radius 3 is 2.00 bits per heavy atom. The van der Waals surface area contributed by atoms with E-state index in [1.54, 1.807) is 0 Å². The monoisotopic (exact) mass is 244 g/mol. The van der Waals surface area contributed by atoms with Crippen LogP contribution in [0.2, 0.25) is 0 Å². The molecule has 0 amide bonds. The fraction of sp³-hybridized carbons (Fsp3) is 0.500. The van der Waals surface area contributed by atoms with E-state index in [1.165, 1.54) is 0 Å². The molecule has 0 atom stereocenters. The molecule has 0 rings (SSSR count). The van der Waals surface area contributed by atoms with Gasteiger partial charge in [0.1, 0.15) is 0 Å². The summed E-state index contributed by atoms with van der Waals surface area (Å²) in [6.07, 6.45) is 0. The largest absolute Gasteiger partial charge is 0.361 e. The maximum atomic E-state index is 8.76. The molecule has 8 heavy (non-hydrogen) atoms. The fourth-order valence-electron chi connectivity index (χ4n) is 0.0725. The van der Waals surface area contributed by atoms with Crippen molar-refractivity contribution in [1.82, 2.24) is 0 Å². The molecule has 0 spiro atoms. The van der Waals surface area contributed by atoms with Crippen molar-refractivity contribution in [2.24, 2.45) is 0 Å². The molecule has 0 aromatic heterocycles. The summed E-state index contributed by atoms with van der Waals surface area (Å²) in [5.74, 6) is -1.82. The standard InChI is InChI=1S/C4H6Br2O2/c1-3(6)4(7,8)2-5/h7-8H,1-2H2. The predicted octanol–water partition coefficient (Wildman–Crippen LogP) is 0.971. The van der Waals surface area contributed by atoms with Crippen LogP contribution in [0.1, 0.15) is 0 Å². The van der Waals surface area contributed by atoms with Gasteiger partial charge < -0.3 is 10.2 Å². The van der Waals surface area contributed by atoms with Crippen LogP contribution in [0.5, 0.6) is 0 Å². The Bertz CT molecular complexity index is 100. The zero-order valence-corrected chi connectivity index (χ0v) is 7.24. The van der Waals surface area contributed by atoms with Gasteiger partial charge in [0, 0.05) is 4.48 Å². The number of alkyl halides is 1. The van der Waals surface area contributed by atoms with E-state index < -0.39 is 5.79 Å². The van der Waals surface area contributed by atoms with Gasteiger partial charge >= 0.3 is 0 Å². The molecule has 0 saturated heterocycles. The Kier molecular flexibility index (Phi) is 3.19. The Hall–Kier alpha value is 0.620. The molecule has 0 bridgehead atoms. The van der Waals surface area contributed by atoms with Crippen molar-refractivity contribution in [3.05, 3.63) is 11.1 Å². The third-order valence-corrected chi connectivity index (χ3v) is 2.04. The van der Waals surface area contributed by atoms with Gasteiger partial charge in [-0.1, -0.05) is 38.4 Å². The third-order valence-electron chi connectivity index (χ3n) is 0.621. The lowest BCUT2D eigenvalue weighted by atomic mass is 10.3. The van der Waals surface area contributed by atoms with Gasteiger partial charge in [0.15, 0.2) is 0 Å². The van der Waals surface area contributed by atoms with Crippen molar-refractivity contribution in [2.45, 2.75) is 5.79 Å². The van der Waals surface area contributed by atoms with E-state index in [0.717, 1.165) is 0 Å². The first kappa shape index (κ1) is 8.62. The van der Waals surface area contributed by atoms with Crippen LogP contribution in [0.3, 0.4) is 0 Å². The number of hydrogen-bond acceptors (Lipinski definition) is 2. The minimum Gasteiger partial charge on any atom is -0.361 e. The van der Waals surface area contributed by atoms with Gasteiger partial charge in [0.25, 0.3) is 0 Å². The summed E-state index contributed by atoms with van der Waals surface area (Å²) in [4.78, 5) is 0. The molecule has 0 aliphatic carbocycles. The quantitative estimate of drug-likeness (QED) is 0.563. The molecular formula is C4H6Br2O2. The van der Waals surface area contributed by atoms with Crippen molar-refractivity contribution < 1.29 is 10.2 Å². The van der Waals surface area contributed by atoms with Crippen molar-refractivity contribution in [3.8, 4) is 0 Å². The van der Waals surface area contributed by atoms with Crippen LogP contribution in [-0.4, -0.2) is 21.3 Å². The van der Waals surface area contributed by atoms with E-state index in [2.05, 4.69) is 38.4 Å². The Morgan fingerprint density at radius 2 is 2.00 bits per heavy atom. The van der Waals surface area contributed by atoms with Crippen LogP contribution in [0, 0.1) is 0 Å². The molecule has 2 N–H and O–H groups in total. The summed E-state index contributed by atoms with van der Waals surface area (Å²) >= 11 is 5.71. The Morgan fingerprint density at radius 1 is 1.62 bits per heavy atom. The SMILES string of the molecule is C=C(Br)C(O)(O)CBr. The smallest absolute Gasteiger partial charge is 0.205 e. The molecule has 0 unspecified atom stereocenters. The van der Waals surface area contributed by atoms with E-state index in [4.69, 9.17) is 10.2 Å². The average Bonchev–Trinajstić information content (AvgIpc) is 1.67. The zero-order valence-electron chi connectivity index (χ0n) is 4.06. The first-order valence-corrected chi connectivity index (χ1v) is 3.78. The summed E-state index contributed by atoms with van der Waals surface area (Å²) in [6.45, 7) is 3.28. The minimum atomic E-state index is -1.82. The van der Waals surface area contributed by atoms with E-state index in [9.17, 15) is 0 Å². The van der Waals surface area contributed by atoms with Gasteiger partial charge in [0.2, 0.25) is 5.79 Å². The number of hydrogen-bond donors (Lipinski definition) is 2. The Labute approximate surface area is 64.5 Å². The van der Waals surface area contributed by atoms with Crippen molar-refractivity contribution in [3.63, 3.8) is 0 Å². The summed E-state index contributed by atoms with van der Waals surface area (Å²) < 4.78 is 0.155. The highest BCUT2D eigenvalue weighted by atomic mass is 79.9. The molecule has 48 valence electrons. The number of halogens is 2. The average molecular weight is 246 g/mol. The fourth-order valence-corrected chi connectivity index (χ4v) is 0.927. The van der Waals surface area contributed by atoms with Crippen LogP contribution in [0.4, 0.5) is 0 Å². The van der Waals surface area contributed by atoms with E-state index in [0.29, 0.717) is 0 Å². The van der Waals surface area contributed by atoms with Gasteiger partial charge in [-0.2, -0.15) is 0 Å². The lowest BCUT2D eigenvalue weighted by molar-refractivity contribution is -0.0974. The van der Waals surface area contributed by atoms with Crippen LogP contribution >= 0.6 is 31.9 Å². The zero-order chi connectivity index (χ0) is 6.78. The molecule has 0 radical (unpaired) electrons. The second-order valence-corrected chi connectivity index (χ2v) is 2.87. The summed E-state index contributed by atoms with van der Waals surface area (Å²) in [5.41, 5.74) is 0. The highest BCUT2D eigenvalue weighted by molar-refractivity contribution is 9.12. The third kappa shape index (κ3) is 2.26. The Balaban J connectivity index is 3.91. The first-order valence-electron chi connectivity index (χ1n) is 1.86. The molecule has 0 aliphatic rings. The second-order valence-electron chi connectivity index (χ2n) is 1.36. The normalized spacial score (nSPS) is 11.5. The van der Waals surface area contributed by atoms with E-state index in [-0.39, 0.29) is 9.81 Å². The van der Waals surface area contributed by atoms with Gasteiger partial charge in [-0.3, -0.25) is 0 Å². The maximum Gasteiger partial charge on any atom is 0.205 e. The van der Waals surface area contributed by atoms with Crippen molar-refractivity contribution >= 4 is 31.9 Å². The van der Waals surface area contributed by atoms with Gasteiger partial charge in [-0.25, -0.2) is 0 Å². The molecule has 0 heterocycles. The van der Waals surface area contributed by atoms with Gasteiger partial charge in [0.05, 0.1) is 5.33 Å². The predicted molar refractivity (Wildman–Crippen MR) is 39.0 cm³/mol. The maximum absolute atomic E-state index is 8.76. The van der Waals surface area contributed by atoms with Gasteiger partial charge in [-0.15, -0.1) is 0 Å². The summed E-state index contributed by atoms with van der Waals surface area (Å²) in [7, 11) is 0.